The van der Waals surface area contributed by atoms with Gasteiger partial charge in [0.1, 0.15) is 0 Å². The summed E-state index contributed by atoms with van der Waals surface area (Å²) in [7, 11) is 3.96. The molecule has 0 spiro atoms. The zero-order chi connectivity index (χ0) is 17.4. The second-order valence-electron chi connectivity index (χ2n) is 7.16. The Balaban J connectivity index is 1.73. The van der Waals surface area contributed by atoms with Gasteiger partial charge in [-0.25, -0.2) is 0 Å². The van der Waals surface area contributed by atoms with E-state index in [0.717, 1.165) is 24.6 Å². The second-order valence-corrected chi connectivity index (χ2v) is 7.16. The first-order valence-corrected chi connectivity index (χ1v) is 8.92. The highest BCUT2D eigenvalue weighted by atomic mass is 16.1. The van der Waals surface area contributed by atoms with E-state index in [-0.39, 0.29) is 5.91 Å². The zero-order valence-electron chi connectivity index (χ0n) is 15.3. The molecule has 0 atom stereocenters. The Morgan fingerprint density at radius 2 is 1.83 bits per heavy atom. The Labute approximate surface area is 146 Å². The van der Waals surface area contributed by atoms with Crippen LogP contribution in [-0.4, -0.2) is 49.4 Å². The maximum atomic E-state index is 11.7. The van der Waals surface area contributed by atoms with Gasteiger partial charge in [0.05, 0.1) is 0 Å². The number of carbonyl (C=O) groups is 1. The van der Waals surface area contributed by atoms with Crippen molar-refractivity contribution in [1.82, 2.24) is 15.1 Å². The molecular formula is C20H31N3O. The first kappa shape index (κ1) is 18.7. The third-order valence-electron chi connectivity index (χ3n) is 4.51. The summed E-state index contributed by atoms with van der Waals surface area (Å²) >= 11 is 0. The van der Waals surface area contributed by atoms with E-state index in [1.165, 1.54) is 31.5 Å². The van der Waals surface area contributed by atoms with Crippen molar-refractivity contribution in [3.63, 3.8) is 0 Å². The van der Waals surface area contributed by atoms with Crippen molar-refractivity contribution in [3.8, 4) is 0 Å². The molecule has 0 aliphatic carbocycles. The van der Waals surface area contributed by atoms with Crippen LogP contribution >= 0.6 is 0 Å². The molecule has 0 bridgehead atoms. The van der Waals surface area contributed by atoms with Crippen LogP contribution in [0.25, 0.3) is 0 Å². The molecule has 4 nitrogen and oxygen atoms in total. The summed E-state index contributed by atoms with van der Waals surface area (Å²) in [6.07, 6.45) is 6.10. The van der Waals surface area contributed by atoms with Crippen LogP contribution in [-0.2, 0) is 17.9 Å². The lowest BCUT2D eigenvalue weighted by molar-refractivity contribution is -0.116. The predicted molar refractivity (Wildman–Crippen MR) is 99.7 cm³/mol. The van der Waals surface area contributed by atoms with Gasteiger partial charge >= 0.3 is 0 Å². The summed E-state index contributed by atoms with van der Waals surface area (Å²) < 4.78 is 0. The van der Waals surface area contributed by atoms with E-state index in [1.54, 1.807) is 6.08 Å². The van der Waals surface area contributed by atoms with Gasteiger partial charge in [0.2, 0.25) is 5.91 Å². The van der Waals surface area contributed by atoms with Gasteiger partial charge in [-0.2, -0.15) is 0 Å². The molecule has 24 heavy (non-hydrogen) atoms. The third-order valence-corrected chi connectivity index (χ3v) is 4.51. The molecule has 0 radical (unpaired) electrons. The number of hydrogen-bond donors (Lipinski definition) is 1. The summed E-state index contributed by atoms with van der Waals surface area (Å²) in [5, 5.41) is 2.92. The van der Waals surface area contributed by atoms with E-state index < -0.39 is 0 Å². The van der Waals surface area contributed by atoms with Crippen molar-refractivity contribution in [2.75, 3.05) is 33.7 Å². The lowest BCUT2D eigenvalue weighted by Crippen LogP contribution is -2.32. The molecule has 4 heteroatoms. The number of likely N-dealkylation sites (tertiary alicyclic amines) is 1. The van der Waals surface area contributed by atoms with Gasteiger partial charge in [-0.05, 0) is 57.1 Å². The summed E-state index contributed by atoms with van der Waals surface area (Å²) in [4.78, 5) is 16.3. The number of benzene rings is 1. The third kappa shape index (κ3) is 6.85. The number of carbonyl (C=O) groups excluding carboxylic acids is 1. The minimum atomic E-state index is -0.0386. The van der Waals surface area contributed by atoms with Gasteiger partial charge in [0, 0.05) is 25.7 Å². The number of hydrogen-bond acceptors (Lipinski definition) is 3. The molecule has 1 heterocycles. The van der Waals surface area contributed by atoms with E-state index in [9.17, 15) is 4.79 Å². The Morgan fingerprint density at radius 3 is 2.46 bits per heavy atom. The lowest BCUT2D eigenvalue weighted by atomic mass is 9.99. The Hall–Kier alpha value is -1.65. The molecule has 0 aromatic heterocycles. The maximum Gasteiger partial charge on any atom is 0.243 e. The van der Waals surface area contributed by atoms with E-state index >= 15 is 0 Å². The Kier molecular flexibility index (Phi) is 7.47. The van der Waals surface area contributed by atoms with Crippen LogP contribution in [0.15, 0.2) is 36.4 Å². The standard InChI is InChI=1S/C20H31N3O/c1-17-10-13-23(14-11-17)16-19-8-6-18(7-9-19)15-21-20(24)5-4-12-22(2)3/h4-9,17H,10-16H2,1-3H3,(H,21,24)/b5-4+. The first-order valence-electron chi connectivity index (χ1n) is 8.92. The van der Waals surface area contributed by atoms with Crippen molar-refractivity contribution in [2.45, 2.75) is 32.9 Å². The summed E-state index contributed by atoms with van der Waals surface area (Å²) in [6.45, 7) is 7.14. The first-order chi connectivity index (χ1) is 11.5. The largest absolute Gasteiger partial charge is 0.348 e. The van der Waals surface area contributed by atoms with Crippen molar-refractivity contribution < 1.29 is 4.79 Å². The highest BCUT2D eigenvalue weighted by molar-refractivity contribution is 5.87. The van der Waals surface area contributed by atoms with E-state index in [2.05, 4.69) is 41.4 Å². The van der Waals surface area contributed by atoms with Crippen LogP contribution < -0.4 is 5.32 Å². The molecule has 132 valence electrons. The van der Waals surface area contributed by atoms with E-state index in [1.807, 2.05) is 25.1 Å². The van der Waals surface area contributed by atoms with Gasteiger partial charge in [0.25, 0.3) is 0 Å². The number of likely N-dealkylation sites (N-methyl/N-ethyl adjacent to an activating group) is 1. The van der Waals surface area contributed by atoms with Crippen LogP contribution in [0.2, 0.25) is 0 Å². The maximum absolute atomic E-state index is 11.7. The predicted octanol–water partition coefficient (Wildman–Crippen LogP) is 2.65. The van der Waals surface area contributed by atoms with Crippen LogP contribution in [0.1, 0.15) is 30.9 Å². The van der Waals surface area contributed by atoms with E-state index in [4.69, 9.17) is 0 Å². The molecule has 2 rings (SSSR count). The van der Waals surface area contributed by atoms with Crippen molar-refractivity contribution in [2.24, 2.45) is 5.92 Å². The minimum absolute atomic E-state index is 0.0386. The summed E-state index contributed by atoms with van der Waals surface area (Å²) in [5.41, 5.74) is 2.49. The molecule has 1 N–H and O–H groups in total. The smallest absolute Gasteiger partial charge is 0.243 e. The quantitative estimate of drug-likeness (QED) is 0.781. The normalized spacial score (nSPS) is 16.8. The molecule has 1 aliphatic heterocycles. The Morgan fingerprint density at radius 1 is 1.21 bits per heavy atom. The number of piperidine rings is 1. The van der Waals surface area contributed by atoms with Gasteiger partial charge in [-0.1, -0.05) is 37.3 Å². The van der Waals surface area contributed by atoms with Crippen LogP contribution in [0.3, 0.4) is 0 Å². The minimum Gasteiger partial charge on any atom is -0.348 e. The second kappa shape index (κ2) is 9.60. The SMILES string of the molecule is CC1CCN(Cc2ccc(CNC(=O)/C=C/CN(C)C)cc2)CC1. The molecule has 1 saturated heterocycles. The number of rotatable bonds is 7. The number of amides is 1. The van der Waals surface area contributed by atoms with Crippen molar-refractivity contribution in [1.29, 1.82) is 0 Å². The van der Waals surface area contributed by atoms with Gasteiger partial charge in [0.15, 0.2) is 0 Å². The average Bonchev–Trinajstić information content (AvgIpc) is 2.56. The van der Waals surface area contributed by atoms with Crippen LogP contribution in [0.4, 0.5) is 0 Å². The topological polar surface area (TPSA) is 35.6 Å². The highest BCUT2D eigenvalue weighted by Gasteiger charge is 2.15. The van der Waals surface area contributed by atoms with Crippen molar-refractivity contribution >= 4 is 5.91 Å². The molecular weight excluding hydrogens is 298 g/mol. The fourth-order valence-electron chi connectivity index (χ4n) is 2.86. The highest BCUT2D eigenvalue weighted by Crippen LogP contribution is 2.18. The van der Waals surface area contributed by atoms with Crippen molar-refractivity contribution in [3.05, 3.63) is 47.5 Å². The van der Waals surface area contributed by atoms with Gasteiger partial charge < -0.3 is 10.2 Å². The van der Waals surface area contributed by atoms with Crippen LogP contribution in [0, 0.1) is 5.92 Å². The van der Waals surface area contributed by atoms with Crippen LogP contribution in [0.5, 0.6) is 0 Å². The molecule has 1 aromatic rings. The molecule has 0 saturated carbocycles. The average molecular weight is 329 g/mol. The Bertz CT molecular complexity index is 528. The zero-order valence-corrected chi connectivity index (χ0v) is 15.3. The molecule has 0 unspecified atom stereocenters. The fourth-order valence-corrected chi connectivity index (χ4v) is 2.86. The fraction of sp³-hybridized carbons (Fsp3) is 0.550. The summed E-state index contributed by atoms with van der Waals surface area (Å²) in [5.74, 6) is 0.836. The summed E-state index contributed by atoms with van der Waals surface area (Å²) in [6, 6.07) is 8.60. The number of nitrogens with zero attached hydrogens (tertiary/aromatic N) is 2. The van der Waals surface area contributed by atoms with Gasteiger partial charge in [-0.3, -0.25) is 9.69 Å². The van der Waals surface area contributed by atoms with Gasteiger partial charge in [-0.15, -0.1) is 0 Å². The van der Waals surface area contributed by atoms with E-state index in [0.29, 0.717) is 6.54 Å². The monoisotopic (exact) mass is 329 g/mol. The molecule has 1 aromatic carbocycles. The molecule has 1 aliphatic rings. The molecule has 1 amide bonds. The number of nitrogens with one attached hydrogen (secondary N) is 1. The lowest BCUT2D eigenvalue weighted by Gasteiger charge is -2.30. The molecule has 1 fully saturated rings.